The zero-order chi connectivity index (χ0) is 44.2. The fourth-order valence-electron chi connectivity index (χ4n) is 5.28. The van der Waals surface area contributed by atoms with Gasteiger partial charge >= 0.3 is 19.8 Å². The predicted molar refractivity (Wildman–Crippen MR) is 243 cm³/mol. The molecule has 0 saturated carbocycles. The van der Waals surface area contributed by atoms with Gasteiger partial charge in [0.2, 0.25) is 0 Å². The Hall–Kier alpha value is -3.15. The van der Waals surface area contributed by atoms with Crippen molar-refractivity contribution in [3.05, 3.63) is 97.2 Å². The van der Waals surface area contributed by atoms with Crippen LogP contribution >= 0.6 is 7.82 Å². The summed E-state index contributed by atoms with van der Waals surface area (Å²) in [4.78, 5) is 35.0. The molecule has 1 unspecified atom stereocenters. The minimum absolute atomic E-state index is 0.0783. The second-order valence-electron chi connectivity index (χ2n) is 14.5. The highest BCUT2D eigenvalue weighted by Crippen LogP contribution is 2.43. The maximum atomic E-state index is 12.6. The lowest BCUT2D eigenvalue weighted by molar-refractivity contribution is -0.161. The Morgan fingerprint density at radius 3 is 1.55 bits per heavy atom. The first-order chi connectivity index (χ1) is 29.1. The van der Waals surface area contributed by atoms with Gasteiger partial charge in [-0.05, 0) is 89.9 Å². The van der Waals surface area contributed by atoms with Crippen LogP contribution in [0, 0.1) is 0 Å². The lowest BCUT2D eigenvalue weighted by atomic mass is 10.1. The number of allylic oxidation sites excluding steroid dienone is 15. The van der Waals surface area contributed by atoms with Crippen LogP contribution < -0.4 is 0 Å². The highest BCUT2D eigenvalue weighted by atomic mass is 31.2. The van der Waals surface area contributed by atoms with E-state index in [4.69, 9.17) is 19.1 Å². The van der Waals surface area contributed by atoms with Crippen LogP contribution in [0.1, 0.15) is 149 Å². The number of esters is 2. The van der Waals surface area contributed by atoms with E-state index >= 15 is 0 Å². The van der Waals surface area contributed by atoms with E-state index in [1.165, 1.54) is 25.7 Å². The summed E-state index contributed by atoms with van der Waals surface area (Å²) in [6, 6.07) is 0. The minimum Gasteiger partial charge on any atom is -0.462 e. The Morgan fingerprint density at radius 1 is 0.550 bits per heavy atom. The quantitative estimate of drug-likeness (QED) is 0.0200. The Morgan fingerprint density at radius 2 is 1.02 bits per heavy atom. The van der Waals surface area contributed by atoms with E-state index in [1.54, 1.807) is 0 Å². The summed E-state index contributed by atoms with van der Waals surface area (Å²) in [7, 11) is -4.66. The summed E-state index contributed by atoms with van der Waals surface area (Å²) in [6.07, 6.45) is 48.5. The molecule has 0 amide bonds. The zero-order valence-corrected chi connectivity index (χ0v) is 37.6. The van der Waals surface area contributed by atoms with Crippen LogP contribution in [0.5, 0.6) is 0 Å². The van der Waals surface area contributed by atoms with Crippen LogP contribution in [0.25, 0.3) is 0 Å². The summed E-state index contributed by atoms with van der Waals surface area (Å²) in [6.45, 7) is 2.06. The molecule has 0 aliphatic rings. The van der Waals surface area contributed by atoms with E-state index in [2.05, 4.69) is 91.3 Å². The van der Waals surface area contributed by atoms with Gasteiger partial charge in [-0.1, -0.05) is 143 Å². The van der Waals surface area contributed by atoms with E-state index in [-0.39, 0.29) is 25.6 Å². The lowest BCUT2D eigenvalue weighted by Gasteiger charge is -2.20. The molecule has 0 fully saturated rings. The number of carbonyl (C=O) groups excluding carboxylic acids is 2. The van der Waals surface area contributed by atoms with Crippen LogP contribution in [-0.2, 0) is 32.7 Å². The number of rotatable bonds is 40. The molecule has 0 bridgehead atoms. The van der Waals surface area contributed by atoms with E-state index in [9.17, 15) is 29.3 Å². The van der Waals surface area contributed by atoms with Crippen molar-refractivity contribution in [3.8, 4) is 0 Å². The molecule has 0 rings (SSSR count). The molecular formula is C48H79O11P. The highest BCUT2D eigenvalue weighted by Gasteiger charge is 2.27. The number of phosphoric ester groups is 1. The van der Waals surface area contributed by atoms with Crippen LogP contribution in [0.15, 0.2) is 97.2 Å². The number of phosphoric acid groups is 1. The van der Waals surface area contributed by atoms with Crippen LogP contribution in [0.3, 0.4) is 0 Å². The minimum atomic E-state index is -4.66. The Bertz CT molecular complexity index is 1330. The lowest BCUT2D eigenvalue weighted by Crippen LogP contribution is -2.29. The van der Waals surface area contributed by atoms with E-state index < -0.39 is 51.8 Å². The summed E-state index contributed by atoms with van der Waals surface area (Å²) < 4.78 is 32.6. The van der Waals surface area contributed by atoms with Crippen molar-refractivity contribution in [2.24, 2.45) is 0 Å². The summed E-state index contributed by atoms with van der Waals surface area (Å²) in [5.74, 6) is -1.06. The van der Waals surface area contributed by atoms with Gasteiger partial charge in [-0.15, -0.1) is 0 Å². The van der Waals surface area contributed by atoms with Gasteiger partial charge in [-0.25, -0.2) is 4.57 Å². The smallest absolute Gasteiger partial charge is 0.462 e. The van der Waals surface area contributed by atoms with Gasteiger partial charge in [-0.2, -0.15) is 0 Å². The van der Waals surface area contributed by atoms with E-state index in [0.717, 1.165) is 77.0 Å². The van der Waals surface area contributed by atoms with Gasteiger partial charge in [-0.3, -0.25) is 18.6 Å². The highest BCUT2D eigenvalue weighted by molar-refractivity contribution is 7.47. The third kappa shape index (κ3) is 41.6. The Kier molecular flexibility index (Phi) is 40.3. The molecule has 342 valence electrons. The standard InChI is InChI=1S/C48H79O11P/c1-3-5-7-8-9-10-11-12-13-14-15-16-17-18-22-25-28-31-34-38-47(52)56-42-46(43-58-60(54,55)57-41-45(51)40-49)59-48(53)39-35-32-29-26-23-20-19-21-24-27-30-33-37-44(50)36-6-4-2/h9-10,12-13,15-16,18-20,22,24,26-27,29,33,37,44-46,49-51H,3-8,11,14,17,21,23,25,28,30-32,34-36,38-43H2,1-2H3,(H,54,55)/b10-9-,13-12-,16-15-,20-19-,22-18-,27-24-,29-26-,37-33-/t44-,45+,46-/m1/s1. The molecule has 0 aliphatic heterocycles. The first-order valence-corrected chi connectivity index (χ1v) is 23.8. The van der Waals surface area contributed by atoms with E-state index in [1.807, 2.05) is 24.3 Å². The van der Waals surface area contributed by atoms with Crippen molar-refractivity contribution >= 4 is 19.8 Å². The van der Waals surface area contributed by atoms with Crippen molar-refractivity contribution in [3.63, 3.8) is 0 Å². The average molecular weight is 863 g/mol. The van der Waals surface area contributed by atoms with Gasteiger partial charge < -0.3 is 29.7 Å². The molecule has 4 N–H and O–H groups in total. The maximum absolute atomic E-state index is 12.6. The molecule has 60 heavy (non-hydrogen) atoms. The number of aliphatic hydroxyl groups is 3. The Balaban J connectivity index is 4.49. The van der Waals surface area contributed by atoms with Gasteiger partial charge in [0, 0.05) is 12.8 Å². The number of hydrogen-bond acceptors (Lipinski definition) is 10. The molecule has 0 spiro atoms. The number of ether oxygens (including phenoxy) is 2. The monoisotopic (exact) mass is 863 g/mol. The third-order valence-corrected chi connectivity index (χ3v) is 9.73. The fourth-order valence-corrected chi connectivity index (χ4v) is 6.07. The van der Waals surface area contributed by atoms with Gasteiger partial charge in [0.25, 0.3) is 0 Å². The van der Waals surface area contributed by atoms with E-state index in [0.29, 0.717) is 19.3 Å². The normalized spacial score (nSPS) is 15.2. The number of carbonyl (C=O) groups is 2. The maximum Gasteiger partial charge on any atom is 0.472 e. The van der Waals surface area contributed by atoms with Gasteiger partial charge in [0.05, 0.1) is 25.9 Å². The molecule has 0 heterocycles. The topological polar surface area (TPSA) is 169 Å². The van der Waals surface area contributed by atoms with Crippen molar-refractivity contribution < 1.29 is 52.9 Å². The summed E-state index contributed by atoms with van der Waals surface area (Å²) in [5, 5.41) is 28.2. The Labute approximate surface area is 362 Å². The first kappa shape index (κ1) is 56.9. The van der Waals surface area contributed by atoms with Crippen molar-refractivity contribution in [2.45, 2.75) is 167 Å². The second-order valence-corrected chi connectivity index (χ2v) is 16.0. The molecule has 0 aliphatic carbocycles. The predicted octanol–water partition coefficient (Wildman–Crippen LogP) is 11.0. The van der Waals surface area contributed by atoms with Crippen LogP contribution in [-0.4, -0.2) is 76.9 Å². The summed E-state index contributed by atoms with van der Waals surface area (Å²) in [5.41, 5.74) is 0. The van der Waals surface area contributed by atoms with Gasteiger partial charge in [0.15, 0.2) is 6.10 Å². The SMILES string of the molecule is CCCCC/C=C\C/C=C\C/C=C\C/C=C\CCCCCC(=O)OC[C@H](COP(=O)(O)OC[C@@H](O)CO)OC(=O)CCC/C=C\C/C=C\C/C=C\C/C=C\[C@H](O)CCCC. The molecule has 0 aromatic heterocycles. The van der Waals surface area contributed by atoms with Crippen molar-refractivity contribution in [1.82, 2.24) is 0 Å². The molecule has 0 radical (unpaired) electrons. The summed E-state index contributed by atoms with van der Waals surface area (Å²) >= 11 is 0. The largest absolute Gasteiger partial charge is 0.472 e. The molecule has 12 heteroatoms. The number of aliphatic hydroxyl groups excluding tert-OH is 3. The first-order valence-electron chi connectivity index (χ1n) is 22.3. The van der Waals surface area contributed by atoms with Crippen LogP contribution in [0.4, 0.5) is 0 Å². The molecular weight excluding hydrogens is 783 g/mol. The van der Waals surface area contributed by atoms with Crippen molar-refractivity contribution in [1.29, 1.82) is 0 Å². The van der Waals surface area contributed by atoms with Gasteiger partial charge in [0.1, 0.15) is 12.7 Å². The van der Waals surface area contributed by atoms with Crippen molar-refractivity contribution in [2.75, 3.05) is 26.4 Å². The number of unbranched alkanes of at least 4 members (excludes halogenated alkanes) is 8. The fraction of sp³-hybridized carbons (Fsp3) is 0.625. The molecule has 0 aromatic carbocycles. The molecule has 4 atom stereocenters. The molecule has 11 nitrogen and oxygen atoms in total. The molecule has 0 aromatic rings. The number of hydrogen-bond donors (Lipinski definition) is 4. The second kappa shape index (κ2) is 42.5. The average Bonchev–Trinajstić information content (AvgIpc) is 3.23. The third-order valence-electron chi connectivity index (χ3n) is 8.78. The molecule has 0 saturated heterocycles. The van der Waals surface area contributed by atoms with Crippen LogP contribution in [0.2, 0.25) is 0 Å². The zero-order valence-electron chi connectivity index (χ0n) is 36.7.